The first-order valence-corrected chi connectivity index (χ1v) is 41.9. The second-order valence-corrected chi connectivity index (χ2v) is 31.4. The lowest BCUT2D eigenvalue weighted by molar-refractivity contribution is 1.20. The van der Waals surface area contributed by atoms with Gasteiger partial charge in [0.2, 0.25) is 26.4 Å². The van der Waals surface area contributed by atoms with Gasteiger partial charge in [-0.2, -0.15) is 0 Å². The fourth-order valence-corrected chi connectivity index (χ4v) is 17.7. The number of fused-ring (bicyclic) bond motifs is 13. The minimum absolute atomic E-state index is 0.229. The first-order valence-electron chi connectivity index (χ1n) is 39.2. The number of benzene rings is 16. The Morgan fingerprint density at radius 3 is 1.22 bits per heavy atom. The van der Waals surface area contributed by atoms with E-state index in [1.54, 1.807) is 17.5 Å². The van der Waals surface area contributed by atoms with Crippen molar-refractivity contribution in [2.45, 2.75) is 0 Å². The summed E-state index contributed by atoms with van der Waals surface area (Å²) in [5, 5.41) is 14.9. The van der Waals surface area contributed by atoms with E-state index < -0.39 is 0 Å². The SMILES string of the molecule is Clc1nc(-c2cc(-c3ccccc3)cc(-c3ccccc3)c2)c2ccccc2n1.Clc1nc(-c2cc3ccccc3c3ccccc23)c2ncccc2n1.Clc1nc(-c2cccc3c2sc2ccccc23)c2ccccc2n1.Clc1nc(-c2ccccc2)c2c(ccc3ccccc32)n1.Clc1nc(-c2ccccc2)c2cc(-c3ccccc3)ccc2n1. The van der Waals surface area contributed by atoms with Gasteiger partial charge in [0.25, 0.3) is 0 Å². The number of halogens is 5. The maximum absolute atomic E-state index is 6.27. The van der Waals surface area contributed by atoms with Crippen molar-refractivity contribution in [3.05, 3.63) is 415 Å². The summed E-state index contributed by atoms with van der Waals surface area (Å²) in [4.78, 5) is 48.8. The zero-order valence-electron chi connectivity index (χ0n) is 64.7. The third-order valence-corrected chi connectivity index (χ3v) is 23.2. The van der Waals surface area contributed by atoms with Crippen LogP contribution in [0.2, 0.25) is 26.4 Å². The Kier molecular flexibility index (Phi) is 22.3. The predicted molar refractivity (Wildman–Crippen MR) is 509 cm³/mol. The van der Waals surface area contributed by atoms with Crippen LogP contribution in [-0.2, 0) is 0 Å². The molecule has 7 aromatic heterocycles. The highest BCUT2D eigenvalue weighted by Crippen LogP contribution is 2.44. The van der Waals surface area contributed by atoms with Crippen LogP contribution >= 0.6 is 69.3 Å². The quantitative estimate of drug-likeness (QED) is 0.106. The number of thiophene rings is 1. The molecule has 0 saturated heterocycles. The minimum Gasteiger partial charge on any atom is -0.252 e. The van der Waals surface area contributed by atoms with E-state index in [0.717, 1.165) is 155 Å². The molecule has 122 heavy (non-hydrogen) atoms. The Bertz CT molecular complexity index is 7800. The van der Waals surface area contributed by atoms with Gasteiger partial charge in [-0.1, -0.05) is 309 Å². The molecule has 17 heteroatoms. The van der Waals surface area contributed by atoms with Gasteiger partial charge in [-0.15, -0.1) is 11.3 Å². The summed E-state index contributed by atoms with van der Waals surface area (Å²) in [6.07, 6.45) is 1.76. The highest BCUT2D eigenvalue weighted by atomic mass is 35.5. The highest BCUT2D eigenvalue weighted by molar-refractivity contribution is 7.26. The highest BCUT2D eigenvalue weighted by Gasteiger charge is 2.20. The molecule has 16 aromatic carbocycles. The second kappa shape index (κ2) is 35.0. The molecule has 11 nitrogen and oxygen atoms in total. The van der Waals surface area contributed by atoms with Crippen LogP contribution in [0.25, 0.3) is 197 Å². The Balaban J connectivity index is 0.000000101. The summed E-state index contributed by atoms with van der Waals surface area (Å²) in [7, 11) is 0. The van der Waals surface area contributed by atoms with Gasteiger partial charge in [0.1, 0.15) is 11.2 Å². The number of hydrogen-bond donors (Lipinski definition) is 0. The lowest BCUT2D eigenvalue weighted by Gasteiger charge is -2.12. The first kappa shape index (κ1) is 77.7. The number of aromatic nitrogens is 11. The molecule has 0 fully saturated rings. The summed E-state index contributed by atoms with van der Waals surface area (Å²) in [6, 6.07) is 130. The van der Waals surface area contributed by atoms with Crippen LogP contribution in [0.4, 0.5) is 0 Å². The molecule has 0 radical (unpaired) electrons. The van der Waals surface area contributed by atoms with E-state index >= 15 is 0 Å². The molecule has 0 aliphatic rings. The first-order chi connectivity index (χ1) is 60.0. The molecule has 580 valence electrons. The Labute approximate surface area is 730 Å². The van der Waals surface area contributed by atoms with Gasteiger partial charge in [-0.25, -0.2) is 49.8 Å². The molecule has 23 rings (SSSR count). The van der Waals surface area contributed by atoms with Crippen molar-refractivity contribution in [2.24, 2.45) is 0 Å². The molecule has 0 bridgehead atoms. The van der Waals surface area contributed by atoms with Crippen molar-refractivity contribution < 1.29 is 0 Å². The van der Waals surface area contributed by atoms with Crippen LogP contribution in [-0.4, -0.2) is 54.8 Å². The summed E-state index contributed by atoms with van der Waals surface area (Å²) in [5.74, 6) is 0. The number of pyridine rings is 1. The van der Waals surface area contributed by atoms with Crippen molar-refractivity contribution >= 4 is 176 Å². The van der Waals surface area contributed by atoms with Gasteiger partial charge in [0.05, 0.1) is 50.4 Å². The van der Waals surface area contributed by atoms with Gasteiger partial charge in [0.15, 0.2) is 0 Å². The molecule has 0 aliphatic carbocycles. The third-order valence-electron chi connectivity index (χ3n) is 21.1. The van der Waals surface area contributed by atoms with Crippen LogP contribution in [0.1, 0.15) is 0 Å². The number of nitrogens with zero attached hydrogens (tertiary/aromatic N) is 11. The van der Waals surface area contributed by atoms with Crippen molar-refractivity contribution in [1.82, 2.24) is 54.8 Å². The number of hydrogen-bond acceptors (Lipinski definition) is 12. The molecule has 0 atom stereocenters. The van der Waals surface area contributed by atoms with Crippen LogP contribution < -0.4 is 0 Å². The zero-order chi connectivity index (χ0) is 82.4. The molecular formula is C105H64Cl5N11S. The van der Waals surface area contributed by atoms with Crippen molar-refractivity contribution in [3.8, 4) is 89.7 Å². The van der Waals surface area contributed by atoms with Gasteiger partial charge in [0, 0.05) is 75.7 Å². The summed E-state index contributed by atoms with van der Waals surface area (Å²) in [5.41, 5.74) is 21.3. The van der Waals surface area contributed by atoms with Crippen LogP contribution in [0, 0.1) is 0 Å². The van der Waals surface area contributed by atoms with E-state index in [2.05, 4.69) is 249 Å². The van der Waals surface area contributed by atoms with Crippen LogP contribution in [0.5, 0.6) is 0 Å². The van der Waals surface area contributed by atoms with E-state index in [4.69, 9.17) is 58.0 Å². The average molecular weight is 1690 g/mol. The second-order valence-electron chi connectivity index (χ2n) is 28.6. The van der Waals surface area contributed by atoms with E-state index in [0.29, 0.717) is 0 Å². The maximum Gasteiger partial charge on any atom is 0.223 e. The van der Waals surface area contributed by atoms with Crippen molar-refractivity contribution in [3.63, 3.8) is 0 Å². The number of para-hydroxylation sites is 2. The Hall–Kier alpha value is -14.2. The van der Waals surface area contributed by atoms with Crippen LogP contribution in [0.3, 0.4) is 0 Å². The lowest BCUT2D eigenvalue weighted by atomic mass is 9.94. The summed E-state index contributed by atoms with van der Waals surface area (Å²) >= 11 is 32.6. The van der Waals surface area contributed by atoms with E-state index in [-0.39, 0.29) is 26.4 Å². The van der Waals surface area contributed by atoms with E-state index in [1.165, 1.54) is 41.9 Å². The van der Waals surface area contributed by atoms with Crippen LogP contribution in [0.15, 0.2) is 388 Å². The topological polar surface area (TPSA) is 142 Å². The largest absolute Gasteiger partial charge is 0.252 e. The molecule has 0 saturated carbocycles. The van der Waals surface area contributed by atoms with Gasteiger partial charge < -0.3 is 0 Å². The Morgan fingerprint density at radius 1 is 0.197 bits per heavy atom. The molecule has 0 aliphatic heterocycles. The molecule has 7 heterocycles. The predicted octanol–water partition coefficient (Wildman–Crippen LogP) is 30.0. The zero-order valence-corrected chi connectivity index (χ0v) is 69.3. The minimum atomic E-state index is 0.229. The fraction of sp³-hybridized carbons (Fsp3) is 0. The number of rotatable bonds is 8. The fourth-order valence-electron chi connectivity index (χ4n) is 15.6. The molecular weight excluding hydrogens is 1620 g/mol. The lowest BCUT2D eigenvalue weighted by Crippen LogP contribution is -1.94. The van der Waals surface area contributed by atoms with Crippen molar-refractivity contribution in [2.75, 3.05) is 0 Å². The Morgan fingerprint density at radius 2 is 0.607 bits per heavy atom. The van der Waals surface area contributed by atoms with Crippen molar-refractivity contribution in [1.29, 1.82) is 0 Å². The summed E-state index contributed by atoms with van der Waals surface area (Å²) < 4.78 is 2.52. The molecule has 23 aromatic rings. The van der Waals surface area contributed by atoms with Gasteiger partial charge >= 0.3 is 0 Å². The smallest absolute Gasteiger partial charge is 0.223 e. The van der Waals surface area contributed by atoms with E-state index in [9.17, 15) is 0 Å². The molecule has 0 N–H and O–H groups in total. The monoisotopic (exact) mass is 1690 g/mol. The maximum atomic E-state index is 6.27. The normalized spacial score (nSPS) is 11.2. The van der Waals surface area contributed by atoms with E-state index in [1.807, 2.05) is 188 Å². The molecule has 0 amide bonds. The van der Waals surface area contributed by atoms with Gasteiger partial charge in [-0.05, 0) is 196 Å². The molecule has 0 unspecified atom stereocenters. The van der Waals surface area contributed by atoms with Gasteiger partial charge in [-0.3, -0.25) is 4.98 Å². The summed E-state index contributed by atoms with van der Waals surface area (Å²) in [6.45, 7) is 0. The third kappa shape index (κ3) is 16.3. The average Bonchev–Trinajstić information content (AvgIpc) is 0.864. The standard InChI is InChI=1S/C26H17ClN2.C21H12ClN3.C20H11ClN2S.C20H13ClN2.C18H11ClN2/c27-26-28-24-14-8-7-13-23(24)25(29-26)22-16-20(18-9-3-1-4-10-18)15-21(17-22)19-11-5-2-6-12-19;22-21-24-18-10-5-11-23-20(18)19(25-21)17-12-13-6-1-2-7-14(13)15-8-3-4-9-16(15)17;21-20-22-16-10-3-1-7-14(16)18(23-20)15-9-5-8-13-12-6-2-4-11-17(12)24-19(13)15;21-20-22-18-12-11-16(14-7-3-1-4-8-14)13-17(18)19(23-20)15-9-5-2-6-10-15;19-18-20-15-11-10-12-6-4-5-9-14(12)16(15)17(21-18)13-7-2-1-3-8-13/h1-17H;1-12H;1-11H;1-13H;1-11H. The molecule has 0 spiro atoms.